The fourth-order valence-corrected chi connectivity index (χ4v) is 2.50. The van der Waals surface area contributed by atoms with Crippen LogP contribution in [0.3, 0.4) is 0 Å². The van der Waals surface area contributed by atoms with E-state index in [-0.39, 0.29) is 10.8 Å². The summed E-state index contributed by atoms with van der Waals surface area (Å²) in [5, 5.41) is 2.88. The zero-order valence-corrected chi connectivity index (χ0v) is 14.0. The average Bonchev–Trinajstić information content (AvgIpc) is 2.48. The summed E-state index contributed by atoms with van der Waals surface area (Å²) in [5.74, 6) is -1.14. The number of anilines is 1. The van der Waals surface area contributed by atoms with Gasteiger partial charge in [0.05, 0.1) is 11.9 Å². The van der Waals surface area contributed by atoms with Gasteiger partial charge in [-0.3, -0.25) is 20.0 Å². The number of halogens is 1. The number of thiocarbonyl (C=S) groups is 1. The molecule has 0 unspecified atom stereocenters. The lowest BCUT2D eigenvalue weighted by Gasteiger charge is -2.22. The number of carbonyl (C=O) groups excluding carboxylic acids is 1. The molecule has 0 aliphatic rings. The minimum Gasteiger partial charge on any atom is -0.358 e. The van der Waals surface area contributed by atoms with Gasteiger partial charge in [0, 0.05) is 6.54 Å². The van der Waals surface area contributed by atoms with Crippen LogP contribution < -0.4 is 20.5 Å². The fraction of sp³-hybridized carbons (Fsp3) is 0.231. The fourth-order valence-electron chi connectivity index (χ4n) is 1.51. The maximum Gasteiger partial charge on any atom is 0.259 e. The molecule has 0 aliphatic heterocycles. The van der Waals surface area contributed by atoms with Crippen molar-refractivity contribution in [2.75, 3.05) is 23.7 Å². The van der Waals surface area contributed by atoms with E-state index in [0.717, 1.165) is 22.7 Å². The molecule has 0 aromatic heterocycles. The van der Waals surface area contributed by atoms with E-state index in [9.17, 15) is 17.6 Å². The molecule has 0 bridgehead atoms. The number of sulfonamides is 1. The van der Waals surface area contributed by atoms with E-state index >= 15 is 0 Å². The molecule has 0 saturated heterocycles. The van der Waals surface area contributed by atoms with Gasteiger partial charge in [-0.05, 0) is 36.5 Å². The number of benzene rings is 1. The lowest BCUT2D eigenvalue weighted by molar-refractivity contribution is -0.120. The second-order valence-electron chi connectivity index (χ2n) is 4.42. The Morgan fingerprint density at radius 2 is 1.96 bits per heavy atom. The first-order chi connectivity index (χ1) is 10.7. The monoisotopic (exact) mass is 360 g/mol. The van der Waals surface area contributed by atoms with Crippen molar-refractivity contribution in [2.45, 2.75) is 0 Å². The summed E-state index contributed by atoms with van der Waals surface area (Å²) >= 11 is 4.87. The second kappa shape index (κ2) is 8.44. The summed E-state index contributed by atoms with van der Waals surface area (Å²) < 4.78 is 37.4. The van der Waals surface area contributed by atoms with E-state index in [0.29, 0.717) is 6.54 Å². The first-order valence-corrected chi connectivity index (χ1v) is 8.66. The van der Waals surface area contributed by atoms with E-state index < -0.39 is 28.3 Å². The average molecular weight is 360 g/mol. The number of nitrogens with one attached hydrogen (secondary N) is 3. The summed E-state index contributed by atoms with van der Waals surface area (Å²) in [4.78, 5) is 11.9. The largest absolute Gasteiger partial charge is 0.358 e. The molecule has 0 aliphatic carbocycles. The molecule has 3 N–H and O–H groups in total. The third-order valence-electron chi connectivity index (χ3n) is 2.52. The van der Waals surface area contributed by atoms with Crippen LogP contribution in [0.5, 0.6) is 0 Å². The van der Waals surface area contributed by atoms with E-state index in [1.165, 1.54) is 12.1 Å². The van der Waals surface area contributed by atoms with Gasteiger partial charge >= 0.3 is 0 Å². The number of hydrogen-bond acceptors (Lipinski definition) is 4. The van der Waals surface area contributed by atoms with Crippen molar-refractivity contribution in [3.63, 3.8) is 0 Å². The van der Waals surface area contributed by atoms with Gasteiger partial charge in [0.15, 0.2) is 5.11 Å². The van der Waals surface area contributed by atoms with Crippen molar-refractivity contribution in [2.24, 2.45) is 0 Å². The molecule has 0 spiro atoms. The van der Waals surface area contributed by atoms with Crippen molar-refractivity contribution in [3.05, 3.63) is 42.7 Å². The van der Waals surface area contributed by atoms with Crippen molar-refractivity contribution in [3.8, 4) is 0 Å². The quantitative estimate of drug-likeness (QED) is 0.383. The molecule has 7 nitrogen and oxygen atoms in total. The molecule has 0 fully saturated rings. The third-order valence-corrected chi connectivity index (χ3v) is 3.91. The molecule has 1 amide bonds. The Hall–Kier alpha value is -2.20. The molecular formula is C13H17FN4O3S2. The molecule has 1 aromatic rings. The highest BCUT2D eigenvalue weighted by Crippen LogP contribution is 2.17. The molecule has 1 rings (SSSR count). The number of carbonyl (C=O) groups is 1. The highest BCUT2D eigenvalue weighted by atomic mass is 32.2. The number of hydrogen-bond donors (Lipinski definition) is 3. The number of nitrogens with zero attached hydrogens (tertiary/aromatic N) is 1. The molecule has 0 heterocycles. The molecular weight excluding hydrogens is 343 g/mol. The van der Waals surface area contributed by atoms with Crippen LogP contribution in [-0.2, 0) is 14.8 Å². The topological polar surface area (TPSA) is 90.5 Å². The van der Waals surface area contributed by atoms with E-state index in [2.05, 4.69) is 22.7 Å². The lowest BCUT2D eigenvalue weighted by Crippen LogP contribution is -2.50. The van der Waals surface area contributed by atoms with Crippen molar-refractivity contribution >= 4 is 38.9 Å². The Kier molecular flexibility index (Phi) is 6.91. The second-order valence-corrected chi connectivity index (χ2v) is 6.73. The number of amides is 1. The Labute approximate surface area is 139 Å². The van der Waals surface area contributed by atoms with Gasteiger partial charge < -0.3 is 5.32 Å². The highest BCUT2D eigenvalue weighted by molar-refractivity contribution is 7.92. The van der Waals surface area contributed by atoms with E-state index in [4.69, 9.17) is 12.2 Å². The first-order valence-electron chi connectivity index (χ1n) is 6.41. The predicted octanol–water partition coefficient (Wildman–Crippen LogP) is 0.273. The van der Waals surface area contributed by atoms with Gasteiger partial charge in [-0.15, -0.1) is 6.58 Å². The number of hydrazine groups is 1. The van der Waals surface area contributed by atoms with Crippen molar-refractivity contribution < 1.29 is 17.6 Å². The minimum atomic E-state index is -3.72. The molecule has 23 heavy (non-hydrogen) atoms. The summed E-state index contributed by atoms with van der Waals surface area (Å²) in [6.07, 6.45) is 2.53. The van der Waals surface area contributed by atoms with Crippen molar-refractivity contribution in [1.82, 2.24) is 16.2 Å². The summed E-state index contributed by atoms with van der Waals surface area (Å²) in [6.45, 7) is 3.42. The van der Waals surface area contributed by atoms with Crippen molar-refractivity contribution in [1.29, 1.82) is 0 Å². The maximum atomic E-state index is 12.9. The van der Waals surface area contributed by atoms with Gasteiger partial charge in [0.1, 0.15) is 12.4 Å². The summed E-state index contributed by atoms with van der Waals surface area (Å²) in [7, 11) is -3.72. The Balaban J connectivity index is 2.71. The molecule has 126 valence electrons. The van der Waals surface area contributed by atoms with Crippen LogP contribution >= 0.6 is 12.2 Å². The smallest absolute Gasteiger partial charge is 0.259 e. The molecule has 1 aromatic carbocycles. The summed E-state index contributed by atoms with van der Waals surface area (Å²) in [6, 6.07) is 4.76. The SMILES string of the molecule is C=CCNC(=S)NNC(=O)CN(c1ccc(F)cc1)S(C)(=O)=O. The third kappa shape index (κ3) is 6.61. The van der Waals surface area contributed by atoms with Crippen LogP contribution in [0.25, 0.3) is 0 Å². The lowest BCUT2D eigenvalue weighted by atomic mass is 10.3. The maximum absolute atomic E-state index is 12.9. The number of rotatable bonds is 6. The molecule has 0 radical (unpaired) electrons. The minimum absolute atomic E-state index is 0.158. The standard InChI is InChI=1S/C13H17FN4O3S2/c1-3-8-15-13(22)17-16-12(19)9-18(23(2,20)21)11-6-4-10(14)5-7-11/h3-7H,1,8-9H2,2H3,(H,16,19)(H2,15,17,22). The normalized spacial score (nSPS) is 10.5. The zero-order chi connectivity index (χ0) is 17.5. The molecule has 0 saturated carbocycles. The van der Waals surface area contributed by atoms with Gasteiger partial charge in [-0.1, -0.05) is 6.08 Å². The van der Waals surface area contributed by atoms with Crippen LogP contribution in [-0.4, -0.2) is 38.8 Å². The van der Waals surface area contributed by atoms with Crippen LogP contribution in [0.15, 0.2) is 36.9 Å². The van der Waals surface area contributed by atoms with Crippen LogP contribution in [0, 0.1) is 5.82 Å². The Morgan fingerprint density at radius 1 is 1.35 bits per heavy atom. The van der Waals surface area contributed by atoms with E-state index in [1.54, 1.807) is 6.08 Å². The Bertz CT molecular complexity index is 677. The predicted molar refractivity (Wildman–Crippen MR) is 90.7 cm³/mol. The van der Waals surface area contributed by atoms with Gasteiger partial charge in [0.2, 0.25) is 10.0 Å². The van der Waals surface area contributed by atoms with Crippen LogP contribution in [0.2, 0.25) is 0 Å². The molecule has 0 atom stereocenters. The van der Waals surface area contributed by atoms with Gasteiger partial charge in [0.25, 0.3) is 5.91 Å². The van der Waals surface area contributed by atoms with Gasteiger partial charge in [-0.2, -0.15) is 0 Å². The zero-order valence-electron chi connectivity index (χ0n) is 12.4. The Morgan fingerprint density at radius 3 is 2.48 bits per heavy atom. The van der Waals surface area contributed by atoms with E-state index in [1.807, 2.05) is 0 Å². The molecule has 10 heteroatoms. The van der Waals surface area contributed by atoms with Crippen LogP contribution in [0.1, 0.15) is 0 Å². The van der Waals surface area contributed by atoms with Gasteiger partial charge in [-0.25, -0.2) is 12.8 Å². The van der Waals surface area contributed by atoms with Crippen LogP contribution in [0.4, 0.5) is 10.1 Å². The highest BCUT2D eigenvalue weighted by Gasteiger charge is 2.20. The first kappa shape index (κ1) is 18.8. The summed E-state index contributed by atoms with van der Waals surface area (Å²) in [5.41, 5.74) is 4.87.